The number of nitrogens with zero attached hydrogens (tertiary/aromatic N) is 1. The molecule has 3 aromatic carbocycles. The molecule has 192 valence electrons. The molecule has 3 unspecified atom stereocenters. The summed E-state index contributed by atoms with van der Waals surface area (Å²) in [5.41, 5.74) is 5.97. The normalized spacial score (nSPS) is 20.8. The molecule has 0 spiro atoms. The Bertz CT molecular complexity index is 1260. The number of carbonyl (C=O) groups is 1. The van der Waals surface area contributed by atoms with E-state index in [1.165, 1.54) is 0 Å². The largest absolute Gasteiger partial charge is 0.493 e. The maximum absolute atomic E-state index is 12.7. The predicted molar refractivity (Wildman–Crippen MR) is 139 cm³/mol. The quantitative estimate of drug-likeness (QED) is 0.424. The molecule has 0 aromatic heterocycles. The Morgan fingerprint density at radius 2 is 1.62 bits per heavy atom. The maximum atomic E-state index is 12.7. The zero-order valence-electron chi connectivity index (χ0n) is 21.1. The van der Waals surface area contributed by atoms with Crippen molar-refractivity contribution in [2.24, 2.45) is 0 Å². The van der Waals surface area contributed by atoms with E-state index in [1.807, 2.05) is 60.7 Å². The van der Waals surface area contributed by atoms with Crippen LogP contribution in [0.25, 0.3) is 0 Å². The third-order valence-electron chi connectivity index (χ3n) is 6.66. The van der Waals surface area contributed by atoms with E-state index in [4.69, 9.17) is 18.9 Å². The molecule has 5 rings (SSSR count). The van der Waals surface area contributed by atoms with Crippen LogP contribution >= 0.6 is 0 Å². The highest BCUT2D eigenvalue weighted by molar-refractivity contribution is 5.90. The van der Waals surface area contributed by atoms with Crippen LogP contribution in [0.15, 0.2) is 84.6 Å². The summed E-state index contributed by atoms with van der Waals surface area (Å²) in [5.74, 6) is 2.54. The van der Waals surface area contributed by atoms with E-state index >= 15 is 0 Å². The van der Waals surface area contributed by atoms with Crippen molar-refractivity contribution in [3.63, 3.8) is 0 Å². The van der Waals surface area contributed by atoms with E-state index in [1.54, 1.807) is 27.3 Å². The molecule has 3 atom stereocenters. The van der Waals surface area contributed by atoms with Crippen molar-refractivity contribution in [2.45, 2.75) is 31.6 Å². The number of rotatable bonds is 8. The number of para-hydroxylation sites is 1. The van der Waals surface area contributed by atoms with Gasteiger partial charge in [-0.3, -0.25) is 5.32 Å². The number of methoxy groups -OCH3 is 2. The van der Waals surface area contributed by atoms with Gasteiger partial charge in [0.15, 0.2) is 11.5 Å². The van der Waals surface area contributed by atoms with Crippen molar-refractivity contribution in [2.75, 3.05) is 20.8 Å². The summed E-state index contributed by atoms with van der Waals surface area (Å²) in [7, 11) is 3.25. The van der Waals surface area contributed by atoms with Gasteiger partial charge in [-0.1, -0.05) is 36.4 Å². The zero-order chi connectivity index (χ0) is 25.8. The van der Waals surface area contributed by atoms with Gasteiger partial charge in [-0.25, -0.2) is 4.79 Å². The van der Waals surface area contributed by atoms with Crippen LogP contribution in [0.1, 0.15) is 36.6 Å². The second kappa shape index (κ2) is 10.9. The standard InChI is InChI=1S/C29H31N3O5/c1-4-36-29(33)23-18-30-32-25(20-12-15-26(34-2)27(16-20)35-3)17-24(31-28(23)32)19-10-13-22(14-11-19)37-21-8-6-5-7-9-21/h5-16,18,24-25,28,30-31H,4,17H2,1-3H3. The molecule has 0 aliphatic carbocycles. The first kappa shape index (κ1) is 24.7. The lowest BCUT2D eigenvalue weighted by Gasteiger charge is -2.43. The van der Waals surface area contributed by atoms with Crippen molar-refractivity contribution < 1.29 is 23.7 Å². The lowest BCUT2D eigenvalue weighted by atomic mass is 9.90. The molecule has 0 bridgehead atoms. The Labute approximate surface area is 216 Å². The van der Waals surface area contributed by atoms with Gasteiger partial charge in [0.05, 0.1) is 32.4 Å². The van der Waals surface area contributed by atoms with E-state index in [9.17, 15) is 4.79 Å². The molecule has 0 radical (unpaired) electrons. The Balaban J connectivity index is 1.44. The topological polar surface area (TPSA) is 81.3 Å². The van der Waals surface area contributed by atoms with Crippen LogP contribution in [0.2, 0.25) is 0 Å². The minimum Gasteiger partial charge on any atom is -0.493 e. The fourth-order valence-electron chi connectivity index (χ4n) is 4.85. The van der Waals surface area contributed by atoms with Crippen LogP contribution in [-0.2, 0) is 9.53 Å². The molecule has 0 amide bonds. The molecular weight excluding hydrogens is 470 g/mol. The first-order valence-electron chi connectivity index (χ1n) is 12.3. The first-order valence-corrected chi connectivity index (χ1v) is 12.3. The molecule has 1 saturated heterocycles. The number of esters is 1. The maximum Gasteiger partial charge on any atom is 0.338 e. The molecule has 2 heterocycles. The number of hydrogen-bond acceptors (Lipinski definition) is 8. The third-order valence-corrected chi connectivity index (χ3v) is 6.66. The van der Waals surface area contributed by atoms with Crippen LogP contribution in [0.5, 0.6) is 23.0 Å². The van der Waals surface area contributed by atoms with Crippen molar-refractivity contribution in [3.05, 3.63) is 95.7 Å². The van der Waals surface area contributed by atoms with Crippen LogP contribution in [0.3, 0.4) is 0 Å². The lowest BCUT2D eigenvalue weighted by Crippen LogP contribution is -2.55. The summed E-state index contributed by atoms with van der Waals surface area (Å²) in [4.78, 5) is 12.7. The summed E-state index contributed by atoms with van der Waals surface area (Å²) in [5, 5.41) is 5.69. The second-order valence-corrected chi connectivity index (χ2v) is 8.83. The van der Waals surface area contributed by atoms with Gasteiger partial charge in [-0.2, -0.15) is 5.01 Å². The van der Waals surface area contributed by atoms with Gasteiger partial charge in [0.2, 0.25) is 0 Å². The second-order valence-electron chi connectivity index (χ2n) is 8.83. The molecule has 2 aliphatic rings. The van der Waals surface area contributed by atoms with Crippen molar-refractivity contribution in [3.8, 4) is 23.0 Å². The third kappa shape index (κ3) is 5.12. The van der Waals surface area contributed by atoms with E-state index in [-0.39, 0.29) is 24.2 Å². The van der Waals surface area contributed by atoms with Gasteiger partial charge in [0.25, 0.3) is 0 Å². The van der Waals surface area contributed by atoms with Gasteiger partial charge < -0.3 is 24.4 Å². The van der Waals surface area contributed by atoms with Crippen LogP contribution in [-0.4, -0.2) is 38.0 Å². The van der Waals surface area contributed by atoms with Crippen LogP contribution in [0.4, 0.5) is 0 Å². The molecule has 37 heavy (non-hydrogen) atoms. The number of hydrogen-bond donors (Lipinski definition) is 2. The Morgan fingerprint density at radius 3 is 2.32 bits per heavy atom. The molecule has 2 N–H and O–H groups in total. The molecule has 0 saturated carbocycles. The number of hydrazine groups is 1. The predicted octanol–water partition coefficient (Wildman–Crippen LogP) is 4.87. The van der Waals surface area contributed by atoms with Crippen molar-refractivity contribution in [1.29, 1.82) is 0 Å². The fourth-order valence-corrected chi connectivity index (χ4v) is 4.85. The Hall–Kier alpha value is -4.01. The average molecular weight is 502 g/mol. The Morgan fingerprint density at radius 1 is 0.919 bits per heavy atom. The van der Waals surface area contributed by atoms with Gasteiger partial charge >= 0.3 is 5.97 Å². The summed E-state index contributed by atoms with van der Waals surface area (Å²) >= 11 is 0. The minimum atomic E-state index is -0.365. The van der Waals surface area contributed by atoms with E-state index in [0.717, 1.165) is 29.0 Å². The number of fused-ring (bicyclic) bond motifs is 1. The van der Waals surface area contributed by atoms with Crippen molar-refractivity contribution in [1.82, 2.24) is 15.8 Å². The molecule has 2 aliphatic heterocycles. The summed E-state index contributed by atoms with van der Waals surface area (Å²) < 4.78 is 22.3. The molecular formula is C29H31N3O5. The van der Waals surface area contributed by atoms with Gasteiger partial charge in [-0.05, 0) is 60.9 Å². The molecule has 8 nitrogen and oxygen atoms in total. The minimum absolute atomic E-state index is 0.0251. The first-order chi connectivity index (χ1) is 18.1. The van der Waals surface area contributed by atoms with Crippen molar-refractivity contribution >= 4 is 5.97 Å². The number of ether oxygens (including phenoxy) is 4. The lowest BCUT2D eigenvalue weighted by molar-refractivity contribution is -0.139. The highest BCUT2D eigenvalue weighted by atomic mass is 16.5. The highest BCUT2D eigenvalue weighted by Gasteiger charge is 2.43. The monoisotopic (exact) mass is 501 g/mol. The summed E-state index contributed by atoms with van der Waals surface area (Å²) in [6.45, 7) is 2.12. The average Bonchev–Trinajstić information content (AvgIpc) is 3.37. The molecule has 3 aromatic rings. The summed E-state index contributed by atoms with van der Waals surface area (Å²) in [6, 6.07) is 23.6. The van der Waals surface area contributed by atoms with E-state index in [2.05, 4.69) is 27.9 Å². The summed E-state index contributed by atoms with van der Waals surface area (Å²) in [6.07, 6.45) is 2.11. The number of benzene rings is 3. The molecule has 8 heteroatoms. The van der Waals surface area contributed by atoms with E-state index < -0.39 is 0 Å². The smallest absolute Gasteiger partial charge is 0.338 e. The van der Waals surface area contributed by atoms with Crippen LogP contribution < -0.4 is 25.0 Å². The van der Waals surface area contributed by atoms with E-state index in [0.29, 0.717) is 23.7 Å². The fraction of sp³-hybridized carbons (Fsp3) is 0.276. The number of nitrogens with one attached hydrogen (secondary N) is 2. The van der Waals surface area contributed by atoms with Gasteiger partial charge in [0, 0.05) is 12.2 Å². The highest BCUT2D eigenvalue weighted by Crippen LogP contribution is 2.42. The van der Waals surface area contributed by atoms with Gasteiger partial charge in [0.1, 0.15) is 17.7 Å². The number of carbonyl (C=O) groups excluding carboxylic acids is 1. The SMILES string of the molecule is CCOC(=O)C1=CNN2C1NC(c1ccc(Oc3ccccc3)cc1)CC2c1ccc(OC)c(OC)c1. The Kier molecular flexibility index (Phi) is 7.30. The van der Waals surface area contributed by atoms with Crippen LogP contribution in [0, 0.1) is 0 Å². The zero-order valence-corrected chi connectivity index (χ0v) is 21.1. The molecule has 1 fully saturated rings. The van der Waals surface area contributed by atoms with Gasteiger partial charge in [-0.15, -0.1) is 0 Å².